The Bertz CT molecular complexity index is 1270. The van der Waals surface area contributed by atoms with Gasteiger partial charge in [-0.2, -0.15) is 0 Å². The van der Waals surface area contributed by atoms with Crippen LogP contribution >= 0.6 is 0 Å². The number of nitrogens with zero attached hydrogens (tertiary/aromatic N) is 3. The second kappa shape index (κ2) is 11.0. The minimum Gasteiger partial charge on any atom is -0.496 e. The predicted octanol–water partition coefficient (Wildman–Crippen LogP) is 5.55. The monoisotopic (exact) mass is 488 g/mol. The fourth-order valence-corrected chi connectivity index (χ4v) is 5.38. The molecule has 1 fully saturated rings. The fourth-order valence-electron chi connectivity index (χ4n) is 5.38. The van der Waals surface area contributed by atoms with Gasteiger partial charge in [-0.1, -0.05) is 32.9 Å². The molecule has 1 saturated heterocycles. The first-order chi connectivity index (χ1) is 17.4. The quantitative estimate of drug-likeness (QED) is 0.398. The number of amides is 1. The van der Waals surface area contributed by atoms with Crippen LogP contribution in [-0.4, -0.2) is 53.6 Å². The van der Waals surface area contributed by atoms with Crippen molar-refractivity contribution in [2.45, 2.75) is 58.5 Å². The van der Waals surface area contributed by atoms with E-state index < -0.39 is 0 Å². The second-order valence-electron chi connectivity index (χ2n) is 9.29. The smallest absolute Gasteiger partial charge is 0.246 e. The molecule has 1 aliphatic heterocycles. The Labute approximate surface area is 213 Å². The topological polar surface area (TPSA) is 76.6 Å². The lowest BCUT2D eigenvalue weighted by atomic mass is 9.91. The number of carbonyl (C=O) groups is 1. The Morgan fingerprint density at radius 1 is 1.22 bits per heavy atom. The van der Waals surface area contributed by atoms with Gasteiger partial charge in [0.15, 0.2) is 0 Å². The summed E-state index contributed by atoms with van der Waals surface area (Å²) in [6, 6.07) is 8.54. The number of hydrogen-bond donors (Lipinski definition) is 1. The highest BCUT2D eigenvalue weighted by Crippen LogP contribution is 2.40. The molecule has 7 heteroatoms. The minimum atomic E-state index is -0.0133. The molecule has 0 aliphatic carbocycles. The molecule has 3 aromatic rings. The van der Waals surface area contributed by atoms with E-state index in [0.29, 0.717) is 12.5 Å². The van der Waals surface area contributed by atoms with Crippen LogP contribution in [0.4, 0.5) is 5.95 Å². The van der Waals surface area contributed by atoms with E-state index >= 15 is 0 Å². The van der Waals surface area contributed by atoms with Crippen LogP contribution in [0.25, 0.3) is 22.0 Å². The number of methoxy groups -OCH3 is 2. The molecular formula is C29H36N4O3. The molecule has 36 heavy (non-hydrogen) atoms. The summed E-state index contributed by atoms with van der Waals surface area (Å²) in [6.45, 7) is 10.6. The van der Waals surface area contributed by atoms with Gasteiger partial charge in [-0.05, 0) is 61.1 Å². The summed E-state index contributed by atoms with van der Waals surface area (Å²) < 4.78 is 11.3. The number of likely N-dealkylation sites (tertiary alicyclic amines) is 1. The average molecular weight is 489 g/mol. The van der Waals surface area contributed by atoms with Gasteiger partial charge in [0.25, 0.3) is 0 Å². The van der Waals surface area contributed by atoms with Gasteiger partial charge in [0.2, 0.25) is 11.9 Å². The Hall–Kier alpha value is -3.61. The number of ether oxygens (including phenoxy) is 2. The van der Waals surface area contributed by atoms with Crippen molar-refractivity contribution in [3.8, 4) is 22.6 Å². The zero-order valence-electron chi connectivity index (χ0n) is 21.9. The molecule has 4 rings (SSSR count). The van der Waals surface area contributed by atoms with Crippen molar-refractivity contribution in [3.63, 3.8) is 0 Å². The van der Waals surface area contributed by atoms with E-state index in [9.17, 15) is 4.79 Å². The molecular weight excluding hydrogens is 452 g/mol. The molecule has 0 spiro atoms. The Morgan fingerprint density at radius 3 is 2.67 bits per heavy atom. The molecule has 7 nitrogen and oxygen atoms in total. The van der Waals surface area contributed by atoms with E-state index in [4.69, 9.17) is 14.5 Å². The number of aromatic nitrogens is 2. The molecule has 1 amide bonds. The Kier molecular flexibility index (Phi) is 7.77. The third kappa shape index (κ3) is 4.87. The maximum absolute atomic E-state index is 12.3. The van der Waals surface area contributed by atoms with E-state index in [1.165, 1.54) is 6.08 Å². The van der Waals surface area contributed by atoms with Crippen LogP contribution in [0.1, 0.15) is 44.2 Å². The number of rotatable bonds is 9. The van der Waals surface area contributed by atoms with Crippen molar-refractivity contribution in [2.75, 3.05) is 26.1 Å². The minimum absolute atomic E-state index is 0.0133. The van der Waals surface area contributed by atoms with Gasteiger partial charge >= 0.3 is 0 Å². The zero-order valence-corrected chi connectivity index (χ0v) is 21.9. The maximum atomic E-state index is 12.3. The van der Waals surface area contributed by atoms with Gasteiger partial charge in [0.1, 0.15) is 11.5 Å². The van der Waals surface area contributed by atoms with E-state index in [-0.39, 0.29) is 18.0 Å². The number of benzene rings is 2. The average Bonchev–Trinajstić information content (AvgIpc) is 3.29. The van der Waals surface area contributed by atoms with E-state index in [0.717, 1.165) is 70.3 Å². The first-order valence-electron chi connectivity index (χ1n) is 12.6. The normalized spacial score (nSPS) is 17.3. The van der Waals surface area contributed by atoms with Gasteiger partial charge < -0.3 is 19.7 Å². The van der Waals surface area contributed by atoms with Crippen molar-refractivity contribution in [3.05, 3.63) is 54.2 Å². The van der Waals surface area contributed by atoms with Gasteiger partial charge in [-0.15, -0.1) is 0 Å². The molecule has 0 radical (unpaired) electrons. The Balaban J connectivity index is 1.62. The third-order valence-electron chi connectivity index (χ3n) is 7.10. The highest BCUT2D eigenvalue weighted by atomic mass is 16.5. The van der Waals surface area contributed by atoms with Crippen LogP contribution in [0, 0.1) is 6.92 Å². The highest BCUT2D eigenvalue weighted by molar-refractivity contribution is 5.88. The summed E-state index contributed by atoms with van der Waals surface area (Å²) in [7, 11) is 3.37. The van der Waals surface area contributed by atoms with Crippen molar-refractivity contribution >= 4 is 22.8 Å². The van der Waals surface area contributed by atoms with Crippen LogP contribution in [0.5, 0.6) is 11.5 Å². The molecule has 0 bridgehead atoms. The molecule has 1 aliphatic rings. The lowest BCUT2D eigenvalue weighted by Crippen LogP contribution is -2.35. The van der Waals surface area contributed by atoms with Crippen LogP contribution in [0.2, 0.25) is 0 Å². The molecule has 0 saturated carbocycles. The SMILES string of the molecule is C=CC(=O)N1CC(Nc2ncc3cc(-c4c(C)c(OC)cc(OC)c4CC)ccc3n2)CC1CCC. The summed E-state index contributed by atoms with van der Waals surface area (Å²) in [4.78, 5) is 23.6. The lowest BCUT2D eigenvalue weighted by molar-refractivity contribution is -0.126. The molecule has 2 atom stereocenters. The van der Waals surface area contributed by atoms with Crippen molar-refractivity contribution in [1.29, 1.82) is 0 Å². The fraction of sp³-hybridized carbons (Fsp3) is 0.414. The van der Waals surface area contributed by atoms with Gasteiger partial charge in [0.05, 0.1) is 19.7 Å². The second-order valence-corrected chi connectivity index (χ2v) is 9.29. The van der Waals surface area contributed by atoms with Crippen LogP contribution < -0.4 is 14.8 Å². The summed E-state index contributed by atoms with van der Waals surface area (Å²) in [6.07, 6.45) is 6.99. The standard InChI is InChI=1S/C29H36N4O3/c1-7-10-22-14-21(17-33(22)27(34)9-3)31-29-30-16-20-13-19(11-12-24(20)32-29)28-18(4)25(35-5)15-26(36-6)23(28)8-2/h9,11-13,15-16,21-22H,3,7-8,10,14,17H2,1-2,4-6H3,(H,30,31,32). The largest absolute Gasteiger partial charge is 0.496 e. The summed E-state index contributed by atoms with van der Waals surface area (Å²) in [5.41, 5.74) is 5.29. The molecule has 2 unspecified atom stereocenters. The lowest BCUT2D eigenvalue weighted by Gasteiger charge is -2.22. The summed E-state index contributed by atoms with van der Waals surface area (Å²) in [5.74, 6) is 2.20. The molecule has 2 heterocycles. The number of nitrogens with one attached hydrogen (secondary N) is 1. The van der Waals surface area contributed by atoms with E-state index in [2.05, 4.69) is 49.8 Å². The first kappa shape index (κ1) is 25.5. The number of anilines is 1. The highest BCUT2D eigenvalue weighted by Gasteiger charge is 2.33. The van der Waals surface area contributed by atoms with Gasteiger partial charge in [-0.25, -0.2) is 9.97 Å². The van der Waals surface area contributed by atoms with Crippen molar-refractivity contribution < 1.29 is 14.3 Å². The van der Waals surface area contributed by atoms with Crippen molar-refractivity contribution in [2.24, 2.45) is 0 Å². The van der Waals surface area contributed by atoms with E-state index in [1.54, 1.807) is 14.2 Å². The molecule has 1 aromatic heterocycles. The number of carbonyl (C=O) groups excluding carboxylic acids is 1. The molecule has 2 aromatic carbocycles. The van der Waals surface area contributed by atoms with Gasteiger partial charge in [0, 0.05) is 41.8 Å². The molecule has 1 N–H and O–H groups in total. The number of hydrogen-bond acceptors (Lipinski definition) is 6. The summed E-state index contributed by atoms with van der Waals surface area (Å²) >= 11 is 0. The van der Waals surface area contributed by atoms with Crippen molar-refractivity contribution in [1.82, 2.24) is 14.9 Å². The summed E-state index contributed by atoms with van der Waals surface area (Å²) in [5, 5.41) is 4.41. The first-order valence-corrected chi connectivity index (χ1v) is 12.6. The molecule has 190 valence electrons. The zero-order chi connectivity index (χ0) is 25.8. The van der Waals surface area contributed by atoms with E-state index in [1.807, 2.05) is 23.2 Å². The van der Waals surface area contributed by atoms with Crippen LogP contribution in [0.3, 0.4) is 0 Å². The maximum Gasteiger partial charge on any atom is 0.246 e. The Morgan fingerprint density at radius 2 is 2.00 bits per heavy atom. The van der Waals surface area contributed by atoms with Crippen LogP contribution in [0.15, 0.2) is 43.1 Å². The third-order valence-corrected chi connectivity index (χ3v) is 7.10. The van der Waals surface area contributed by atoms with Crippen LogP contribution in [-0.2, 0) is 11.2 Å². The predicted molar refractivity (Wildman–Crippen MR) is 145 cm³/mol. The number of fused-ring (bicyclic) bond motifs is 1. The van der Waals surface area contributed by atoms with Gasteiger partial charge in [-0.3, -0.25) is 4.79 Å².